The van der Waals surface area contributed by atoms with Crippen LogP contribution in [0.5, 0.6) is 0 Å². The summed E-state index contributed by atoms with van der Waals surface area (Å²) in [5.74, 6) is -0.0316. The van der Waals surface area contributed by atoms with E-state index in [1.807, 2.05) is 13.0 Å². The summed E-state index contributed by atoms with van der Waals surface area (Å²) in [6.45, 7) is 7.78. The molecule has 0 saturated carbocycles. The molecular formula is C13H20N2O3S. The van der Waals surface area contributed by atoms with Gasteiger partial charge in [0.05, 0.1) is 5.70 Å². The van der Waals surface area contributed by atoms with E-state index >= 15 is 0 Å². The maximum atomic E-state index is 11.3. The minimum Gasteiger partial charge on any atom is -0.356 e. The van der Waals surface area contributed by atoms with Gasteiger partial charge in [0, 0.05) is 20.0 Å². The van der Waals surface area contributed by atoms with Crippen molar-refractivity contribution < 1.29 is 13.2 Å². The van der Waals surface area contributed by atoms with Crippen LogP contribution in [0.4, 0.5) is 0 Å². The van der Waals surface area contributed by atoms with Crippen LogP contribution in [0.3, 0.4) is 0 Å². The minimum absolute atomic E-state index is 0.0756. The zero-order valence-corrected chi connectivity index (χ0v) is 12.2. The van der Waals surface area contributed by atoms with Crippen LogP contribution in [0.1, 0.15) is 20.3 Å². The fourth-order valence-electron chi connectivity index (χ4n) is 2.20. The van der Waals surface area contributed by atoms with Crippen molar-refractivity contribution >= 4 is 16.8 Å². The Morgan fingerprint density at radius 3 is 2.74 bits per heavy atom. The van der Waals surface area contributed by atoms with Gasteiger partial charge in [-0.15, -0.1) is 0 Å². The van der Waals surface area contributed by atoms with Gasteiger partial charge in [-0.25, -0.2) is 8.42 Å². The SMILES string of the molecule is C=C/C=C1/C[C@@H](CNC(C)=O)CN([SH](=O)=O)/C1=C/C. The third-order valence-electron chi connectivity index (χ3n) is 2.98. The van der Waals surface area contributed by atoms with Gasteiger partial charge < -0.3 is 5.32 Å². The first kappa shape index (κ1) is 15.5. The van der Waals surface area contributed by atoms with E-state index < -0.39 is 10.9 Å². The standard InChI is InChI=1S/C13H20N2O3S/c1-4-6-12-7-11(8-14-10(3)16)9-15(19(17)18)13(12)5-2/h4-6,11,19H,1,7-9H2,2-3H3,(H,14,16)/b12-6-,13-5+/t11-/m0/s1. The second-order valence-electron chi connectivity index (χ2n) is 4.43. The predicted octanol–water partition coefficient (Wildman–Crippen LogP) is 0.987. The van der Waals surface area contributed by atoms with Gasteiger partial charge in [0.2, 0.25) is 16.8 Å². The third kappa shape index (κ3) is 4.24. The van der Waals surface area contributed by atoms with E-state index in [0.717, 1.165) is 12.0 Å². The van der Waals surface area contributed by atoms with Crippen molar-refractivity contribution in [1.82, 2.24) is 9.62 Å². The lowest BCUT2D eigenvalue weighted by atomic mass is 9.92. The number of nitrogens with one attached hydrogen (secondary N) is 1. The average molecular weight is 284 g/mol. The number of rotatable bonds is 4. The van der Waals surface area contributed by atoms with E-state index in [1.54, 1.807) is 12.2 Å². The summed E-state index contributed by atoms with van der Waals surface area (Å²) in [4.78, 5) is 10.9. The van der Waals surface area contributed by atoms with Crippen LogP contribution in [0.2, 0.25) is 0 Å². The molecule has 0 radical (unpaired) electrons. The molecule has 1 rings (SSSR count). The van der Waals surface area contributed by atoms with Crippen molar-refractivity contribution in [3.63, 3.8) is 0 Å². The Morgan fingerprint density at radius 2 is 2.26 bits per heavy atom. The van der Waals surface area contributed by atoms with Gasteiger partial charge in [0.1, 0.15) is 0 Å². The van der Waals surface area contributed by atoms with E-state index in [4.69, 9.17) is 0 Å². The van der Waals surface area contributed by atoms with Crippen LogP contribution in [0.15, 0.2) is 36.1 Å². The molecule has 1 aliphatic heterocycles. The van der Waals surface area contributed by atoms with E-state index in [9.17, 15) is 13.2 Å². The number of carbonyl (C=O) groups excluding carboxylic acids is 1. The van der Waals surface area contributed by atoms with Gasteiger partial charge in [0.25, 0.3) is 0 Å². The number of hydrogen-bond acceptors (Lipinski definition) is 3. The van der Waals surface area contributed by atoms with E-state index in [-0.39, 0.29) is 11.8 Å². The summed E-state index contributed by atoms with van der Waals surface area (Å²) in [6.07, 6.45) is 5.98. The maximum absolute atomic E-state index is 11.3. The van der Waals surface area contributed by atoms with E-state index in [1.165, 1.54) is 11.2 Å². The lowest BCUT2D eigenvalue weighted by Crippen LogP contribution is -2.39. The molecule has 1 amide bonds. The van der Waals surface area contributed by atoms with Gasteiger partial charge in [-0.1, -0.05) is 24.8 Å². The number of allylic oxidation sites excluding steroid dienone is 4. The molecule has 6 heteroatoms. The average Bonchev–Trinajstić information content (AvgIpc) is 2.36. The number of thiol groups is 1. The summed E-state index contributed by atoms with van der Waals surface area (Å²) in [7, 11) is -2.68. The highest BCUT2D eigenvalue weighted by Gasteiger charge is 2.27. The zero-order valence-electron chi connectivity index (χ0n) is 11.3. The van der Waals surface area contributed by atoms with Crippen molar-refractivity contribution in [1.29, 1.82) is 0 Å². The summed E-state index contributed by atoms with van der Waals surface area (Å²) >= 11 is 0. The zero-order chi connectivity index (χ0) is 14.4. The Labute approximate surface area is 115 Å². The molecule has 0 spiro atoms. The summed E-state index contributed by atoms with van der Waals surface area (Å²) in [5, 5.41) is 2.74. The molecule has 1 fully saturated rings. The second kappa shape index (κ2) is 7.13. The first-order chi connectivity index (χ1) is 8.99. The summed E-state index contributed by atoms with van der Waals surface area (Å²) in [5.41, 5.74) is 1.63. The Balaban J connectivity index is 2.96. The lowest BCUT2D eigenvalue weighted by Gasteiger charge is -2.34. The van der Waals surface area contributed by atoms with Crippen molar-refractivity contribution in [3.8, 4) is 0 Å². The molecule has 19 heavy (non-hydrogen) atoms. The topological polar surface area (TPSA) is 66.5 Å². The Hall–Kier alpha value is -1.56. The number of nitrogens with zero attached hydrogens (tertiary/aromatic N) is 1. The molecule has 5 nitrogen and oxygen atoms in total. The monoisotopic (exact) mass is 284 g/mol. The van der Waals surface area contributed by atoms with Crippen molar-refractivity contribution in [2.24, 2.45) is 5.92 Å². The lowest BCUT2D eigenvalue weighted by molar-refractivity contribution is -0.119. The van der Waals surface area contributed by atoms with Crippen LogP contribution >= 0.6 is 0 Å². The van der Waals surface area contributed by atoms with Crippen molar-refractivity contribution in [2.45, 2.75) is 20.3 Å². The number of carbonyl (C=O) groups is 1. The molecule has 1 atom stereocenters. The van der Waals surface area contributed by atoms with Crippen molar-refractivity contribution in [3.05, 3.63) is 36.1 Å². The van der Waals surface area contributed by atoms with Crippen LogP contribution in [0.25, 0.3) is 0 Å². The normalized spacial score (nSPS) is 23.9. The molecule has 1 heterocycles. The van der Waals surface area contributed by atoms with Crippen LogP contribution in [-0.2, 0) is 15.7 Å². The molecule has 1 aliphatic rings. The fraction of sp³-hybridized carbons (Fsp3) is 0.462. The first-order valence-corrected chi connectivity index (χ1v) is 7.27. The Bertz CT molecular complexity index is 484. The Kier molecular flexibility index (Phi) is 5.82. The molecule has 0 unspecified atom stereocenters. The maximum Gasteiger partial charge on any atom is 0.225 e. The number of amides is 1. The molecule has 0 bridgehead atoms. The van der Waals surface area contributed by atoms with Crippen LogP contribution in [0, 0.1) is 5.92 Å². The molecule has 0 aromatic heterocycles. The molecule has 0 aromatic carbocycles. The molecule has 1 N–H and O–H groups in total. The highest BCUT2D eigenvalue weighted by molar-refractivity contribution is 7.70. The van der Waals surface area contributed by atoms with E-state index in [0.29, 0.717) is 18.8 Å². The van der Waals surface area contributed by atoms with Gasteiger partial charge in [-0.05, 0) is 24.8 Å². The van der Waals surface area contributed by atoms with Gasteiger partial charge >= 0.3 is 0 Å². The highest BCUT2D eigenvalue weighted by atomic mass is 32.2. The van der Waals surface area contributed by atoms with Gasteiger partial charge in [-0.2, -0.15) is 0 Å². The molecule has 0 aliphatic carbocycles. The minimum atomic E-state index is -2.68. The van der Waals surface area contributed by atoms with Crippen LogP contribution < -0.4 is 5.32 Å². The highest BCUT2D eigenvalue weighted by Crippen LogP contribution is 2.30. The summed E-state index contributed by atoms with van der Waals surface area (Å²) in [6, 6.07) is 0. The largest absolute Gasteiger partial charge is 0.356 e. The molecule has 0 aromatic rings. The second-order valence-corrected chi connectivity index (χ2v) is 5.39. The number of hydrogen-bond donors (Lipinski definition) is 2. The van der Waals surface area contributed by atoms with Crippen LogP contribution in [-0.4, -0.2) is 31.7 Å². The smallest absolute Gasteiger partial charge is 0.225 e. The Morgan fingerprint density at radius 1 is 1.58 bits per heavy atom. The van der Waals surface area contributed by atoms with E-state index in [2.05, 4.69) is 11.9 Å². The van der Waals surface area contributed by atoms with Gasteiger partial charge in [-0.3, -0.25) is 9.10 Å². The number of piperidine rings is 1. The summed E-state index contributed by atoms with van der Waals surface area (Å²) < 4.78 is 24.0. The fourth-order valence-corrected chi connectivity index (χ4v) is 2.98. The molecular weight excluding hydrogens is 264 g/mol. The molecule has 106 valence electrons. The first-order valence-electron chi connectivity index (χ1n) is 6.14. The predicted molar refractivity (Wildman–Crippen MR) is 75.8 cm³/mol. The van der Waals surface area contributed by atoms with Crippen molar-refractivity contribution in [2.75, 3.05) is 13.1 Å². The molecule has 1 saturated heterocycles. The quantitative estimate of drug-likeness (QED) is 0.757. The third-order valence-corrected chi connectivity index (χ3v) is 3.75. The van der Waals surface area contributed by atoms with Gasteiger partial charge in [0.15, 0.2) is 0 Å².